The molecule has 1 aliphatic carbocycles. The molecule has 8 nitrogen and oxygen atoms in total. The highest BCUT2D eigenvalue weighted by atomic mass is 19.4. The van der Waals surface area contributed by atoms with Gasteiger partial charge in [-0.2, -0.15) is 18.4 Å². The summed E-state index contributed by atoms with van der Waals surface area (Å²) in [5, 5.41) is 14.7. The molecule has 1 heterocycles. The third-order valence-electron chi connectivity index (χ3n) is 6.00. The maximum absolute atomic E-state index is 14.0. The molecule has 12 heteroatoms. The quantitative estimate of drug-likeness (QED) is 0.361. The number of rotatable bonds is 7. The van der Waals surface area contributed by atoms with Crippen LogP contribution >= 0.6 is 0 Å². The summed E-state index contributed by atoms with van der Waals surface area (Å²) in [6.07, 6.45) is -5.49. The summed E-state index contributed by atoms with van der Waals surface area (Å²) in [5.74, 6) is -2.82. The van der Waals surface area contributed by atoms with Crippen LogP contribution in [0.25, 0.3) is 0 Å². The molecule has 0 spiro atoms. The van der Waals surface area contributed by atoms with E-state index >= 15 is 0 Å². The second-order valence-corrected chi connectivity index (χ2v) is 8.57. The van der Waals surface area contributed by atoms with Gasteiger partial charge in [0.05, 0.1) is 35.8 Å². The molecule has 0 saturated heterocycles. The summed E-state index contributed by atoms with van der Waals surface area (Å²) in [7, 11) is 1.45. The van der Waals surface area contributed by atoms with Gasteiger partial charge in [0.1, 0.15) is 12.4 Å². The number of amides is 1. The van der Waals surface area contributed by atoms with Gasteiger partial charge in [0.2, 0.25) is 0 Å². The standard InChI is InChI=1S/C22H23F4N3O5/c1-20(19(31)33-6-5-32-2)4-3-16(10-20)28-18(30)21(22(24,25)26)11-17(29-34-21)14-7-13(12-27)8-15(23)9-14/h7-9,16H,3-6,10-11H2,1-2H3,(H,28,30)/t16-,20+,21+/m0/s1. The number of benzene rings is 1. The highest BCUT2D eigenvalue weighted by Crippen LogP contribution is 2.43. The van der Waals surface area contributed by atoms with Crippen molar-refractivity contribution in [3.05, 3.63) is 35.1 Å². The van der Waals surface area contributed by atoms with E-state index in [1.54, 1.807) is 13.0 Å². The molecule has 3 rings (SSSR count). The summed E-state index contributed by atoms with van der Waals surface area (Å²) >= 11 is 0. The third kappa shape index (κ3) is 4.99. The number of carbonyl (C=O) groups excluding carboxylic acids is 2. The molecule has 1 saturated carbocycles. The molecule has 1 amide bonds. The number of oxime groups is 1. The number of halogens is 4. The van der Waals surface area contributed by atoms with E-state index in [1.807, 2.05) is 0 Å². The molecular weight excluding hydrogens is 462 g/mol. The number of hydrogen-bond donors (Lipinski definition) is 1. The second kappa shape index (κ2) is 9.58. The van der Waals surface area contributed by atoms with Crippen molar-refractivity contribution in [2.75, 3.05) is 20.3 Å². The van der Waals surface area contributed by atoms with Crippen LogP contribution in [0.4, 0.5) is 17.6 Å². The van der Waals surface area contributed by atoms with Crippen molar-refractivity contribution in [1.29, 1.82) is 5.26 Å². The molecule has 0 unspecified atom stereocenters. The molecule has 0 aromatic heterocycles. The van der Waals surface area contributed by atoms with E-state index < -0.39 is 47.3 Å². The van der Waals surface area contributed by atoms with Gasteiger partial charge in [0.15, 0.2) is 0 Å². The van der Waals surface area contributed by atoms with Crippen LogP contribution in [0.3, 0.4) is 0 Å². The van der Waals surface area contributed by atoms with Gasteiger partial charge in [-0.15, -0.1) is 0 Å². The monoisotopic (exact) mass is 485 g/mol. The summed E-state index contributed by atoms with van der Waals surface area (Å²) < 4.78 is 65.8. The van der Waals surface area contributed by atoms with Gasteiger partial charge in [-0.3, -0.25) is 9.59 Å². The predicted octanol–water partition coefficient (Wildman–Crippen LogP) is 2.99. The van der Waals surface area contributed by atoms with Gasteiger partial charge in [-0.25, -0.2) is 4.39 Å². The number of nitriles is 1. The first-order valence-corrected chi connectivity index (χ1v) is 10.4. The van der Waals surface area contributed by atoms with Crippen molar-refractivity contribution >= 4 is 17.6 Å². The smallest absolute Gasteiger partial charge is 0.440 e. The summed E-state index contributed by atoms with van der Waals surface area (Å²) in [4.78, 5) is 29.9. The highest BCUT2D eigenvalue weighted by molar-refractivity contribution is 6.06. The molecule has 1 fully saturated rings. The summed E-state index contributed by atoms with van der Waals surface area (Å²) in [6, 6.07) is 3.97. The zero-order valence-corrected chi connectivity index (χ0v) is 18.5. The van der Waals surface area contributed by atoms with E-state index in [0.29, 0.717) is 6.42 Å². The molecule has 1 N–H and O–H groups in total. The van der Waals surface area contributed by atoms with Gasteiger partial charge in [0.25, 0.3) is 5.91 Å². The van der Waals surface area contributed by atoms with Crippen LogP contribution < -0.4 is 5.32 Å². The lowest BCUT2D eigenvalue weighted by Crippen LogP contribution is -2.58. The first-order chi connectivity index (χ1) is 15.9. The Balaban J connectivity index is 1.73. The van der Waals surface area contributed by atoms with Gasteiger partial charge in [0, 0.05) is 18.7 Å². The Morgan fingerprint density at radius 1 is 1.32 bits per heavy atom. The number of hydrogen-bond acceptors (Lipinski definition) is 7. The minimum atomic E-state index is -5.14. The molecule has 1 aliphatic heterocycles. The van der Waals surface area contributed by atoms with E-state index in [9.17, 15) is 27.2 Å². The van der Waals surface area contributed by atoms with E-state index in [-0.39, 0.29) is 42.9 Å². The SMILES string of the molecule is COCCOC(=O)[C@]1(C)CC[C@H](NC(=O)[C@@]2(C(F)(F)F)CC(c3cc(F)cc(C#N)c3)=NO2)C1. The lowest BCUT2D eigenvalue weighted by molar-refractivity contribution is -0.259. The zero-order chi connectivity index (χ0) is 25.1. The number of carbonyl (C=O) groups is 2. The van der Waals surface area contributed by atoms with Crippen LogP contribution in [0.1, 0.15) is 43.7 Å². The minimum Gasteiger partial charge on any atom is -0.463 e. The van der Waals surface area contributed by atoms with Crippen molar-refractivity contribution in [3.63, 3.8) is 0 Å². The molecule has 2 aliphatic rings. The van der Waals surface area contributed by atoms with Crippen molar-refractivity contribution in [2.24, 2.45) is 10.6 Å². The maximum Gasteiger partial charge on any atom is 0.440 e. The molecular formula is C22H23F4N3O5. The molecule has 184 valence electrons. The first-order valence-electron chi connectivity index (χ1n) is 10.4. The van der Waals surface area contributed by atoms with Crippen LogP contribution in [0.5, 0.6) is 0 Å². The maximum atomic E-state index is 14.0. The molecule has 0 radical (unpaired) electrons. The highest BCUT2D eigenvalue weighted by Gasteiger charge is 2.67. The Kier molecular flexibility index (Phi) is 7.16. The molecule has 34 heavy (non-hydrogen) atoms. The number of methoxy groups -OCH3 is 1. The van der Waals surface area contributed by atoms with Gasteiger partial charge in [-0.1, -0.05) is 5.16 Å². The Morgan fingerprint density at radius 3 is 2.71 bits per heavy atom. The largest absolute Gasteiger partial charge is 0.463 e. The number of alkyl halides is 3. The normalized spacial score (nSPS) is 26.4. The Bertz CT molecular complexity index is 1040. The fraction of sp³-hybridized carbons (Fsp3) is 0.545. The molecule has 3 atom stereocenters. The van der Waals surface area contributed by atoms with Crippen LogP contribution in [-0.2, 0) is 23.9 Å². The summed E-state index contributed by atoms with van der Waals surface area (Å²) in [6.45, 7) is 1.87. The van der Waals surface area contributed by atoms with E-state index in [0.717, 1.165) is 18.2 Å². The number of nitrogens with one attached hydrogen (secondary N) is 1. The van der Waals surface area contributed by atoms with Crippen molar-refractivity contribution in [3.8, 4) is 6.07 Å². The predicted molar refractivity (Wildman–Crippen MR) is 109 cm³/mol. The summed E-state index contributed by atoms with van der Waals surface area (Å²) in [5.41, 5.74) is -4.82. The van der Waals surface area contributed by atoms with E-state index in [4.69, 9.17) is 14.7 Å². The van der Waals surface area contributed by atoms with Gasteiger partial charge >= 0.3 is 17.7 Å². The fourth-order valence-electron chi connectivity index (χ4n) is 4.05. The first kappa shape index (κ1) is 25.4. The van der Waals surface area contributed by atoms with Crippen LogP contribution in [0.15, 0.2) is 23.4 Å². The molecule has 1 aromatic carbocycles. The zero-order valence-electron chi connectivity index (χ0n) is 18.5. The van der Waals surface area contributed by atoms with Gasteiger partial charge in [-0.05, 0) is 44.4 Å². The van der Waals surface area contributed by atoms with Crippen molar-refractivity contribution in [2.45, 2.75) is 50.4 Å². The average Bonchev–Trinajstić information content (AvgIpc) is 3.39. The van der Waals surface area contributed by atoms with E-state index in [2.05, 4.69) is 15.3 Å². The molecule has 0 bridgehead atoms. The lowest BCUT2D eigenvalue weighted by atomic mass is 9.88. The Morgan fingerprint density at radius 2 is 2.06 bits per heavy atom. The van der Waals surface area contributed by atoms with E-state index in [1.165, 1.54) is 7.11 Å². The topological polar surface area (TPSA) is 110 Å². The fourth-order valence-corrected chi connectivity index (χ4v) is 4.05. The van der Waals surface area contributed by atoms with Crippen molar-refractivity contribution < 1.29 is 41.5 Å². The third-order valence-corrected chi connectivity index (χ3v) is 6.00. The Labute approximate surface area is 192 Å². The minimum absolute atomic E-state index is 0.0423. The van der Waals surface area contributed by atoms with Crippen LogP contribution in [-0.4, -0.2) is 55.7 Å². The average molecular weight is 485 g/mol. The Hall–Kier alpha value is -3.20. The van der Waals surface area contributed by atoms with Crippen LogP contribution in [0, 0.1) is 22.6 Å². The lowest BCUT2D eigenvalue weighted by Gasteiger charge is -2.29. The van der Waals surface area contributed by atoms with Crippen molar-refractivity contribution in [1.82, 2.24) is 5.32 Å². The number of nitrogens with zero attached hydrogens (tertiary/aromatic N) is 2. The number of esters is 1. The number of ether oxygens (including phenoxy) is 2. The van der Waals surface area contributed by atoms with Gasteiger partial charge < -0.3 is 19.6 Å². The van der Waals surface area contributed by atoms with Crippen LogP contribution in [0.2, 0.25) is 0 Å². The second-order valence-electron chi connectivity index (χ2n) is 8.57. The molecule has 1 aromatic rings.